The van der Waals surface area contributed by atoms with Crippen LogP contribution < -0.4 is 15.0 Å². The smallest absolute Gasteiger partial charge is 0.340 e. The number of pyridine rings is 1. The molecule has 2 aromatic carbocycles. The number of aromatic nitrogens is 1. The minimum atomic E-state index is -0.382. The Bertz CT molecular complexity index is 1300. The lowest BCUT2D eigenvalue weighted by Crippen LogP contribution is -2.22. The number of nitrogens with zero attached hydrogens (tertiary/aromatic N) is 2. The van der Waals surface area contributed by atoms with E-state index in [2.05, 4.69) is 45.5 Å². The Morgan fingerprint density at radius 2 is 2.03 bits per heavy atom. The Labute approximate surface area is 191 Å². The van der Waals surface area contributed by atoms with Crippen molar-refractivity contribution in [2.45, 2.75) is 12.3 Å². The van der Waals surface area contributed by atoms with Crippen LogP contribution in [0, 0.1) is 0 Å². The van der Waals surface area contributed by atoms with Crippen molar-refractivity contribution in [3.63, 3.8) is 0 Å². The summed E-state index contributed by atoms with van der Waals surface area (Å²) < 4.78 is 16.4. The Morgan fingerprint density at radius 1 is 1.18 bits per heavy atom. The van der Waals surface area contributed by atoms with Crippen LogP contribution in [0.4, 0.5) is 17.1 Å². The minimum absolute atomic E-state index is 0.248. The van der Waals surface area contributed by atoms with E-state index >= 15 is 0 Å². The second-order valence-electron chi connectivity index (χ2n) is 8.05. The van der Waals surface area contributed by atoms with Gasteiger partial charge in [-0.25, -0.2) is 4.79 Å². The molecule has 0 saturated heterocycles. The maximum Gasteiger partial charge on any atom is 0.340 e. The SMILES string of the molecule is COC(=O)c1ccncc1NC[C@@H]1CCOc2cc(N(C)c3ccc4ccoc4c3)ccc21. The molecule has 4 aromatic rings. The zero-order valence-electron chi connectivity index (χ0n) is 18.6. The molecule has 5 rings (SSSR count). The lowest BCUT2D eigenvalue weighted by atomic mass is 9.92. The highest BCUT2D eigenvalue weighted by atomic mass is 16.5. The van der Waals surface area contributed by atoms with Gasteiger partial charge in [0.1, 0.15) is 11.3 Å². The van der Waals surface area contributed by atoms with Crippen LogP contribution in [0.1, 0.15) is 28.3 Å². The van der Waals surface area contributed by atoms with Gasteiger partial charge in [0.2, 0.25) is 0 Å². The highest BCUT2D eigenvalue weighted by Gasteiger charge is 2.23. The lowest BCUT2D eigenvalue weighted by Gasteiger charge is -2.28. The summed E-state index contributed by atoms with van der Waals surface area (Å²) in [7, 11) is 3.41. The predicted octanol–water partition coefficient (Wildman–Crippen LogP) is 5.36. The maximum atomic E-state index is 12.0. The van der Waals surface area contributed by atoms with E-state index in [9.17, 15) is 4.79 Å². The first-order valence-corrected chi connectivity index (χ1v) is 10.9. The molecular weight excluding hydrogens is 418 g/mol. The van der Waals surface area contributed by atoms with E-state index in [1.807, 2.05) is 19.2 Å². The summed E-state index contributed by atoms with van der Waals surface area (Å²) in [6.07, 6.45) is 5.83. The molecule has 168 valence electrons. The molecule has 0 unspecified atom stereocenters. The first-order valence-electron chi connectivity index (χ1n) is 10.9. The number of hydrogen-bond donors (Lipinski definition) is 1. The third kappa shape index (κ3) is 4.09. The molecular formula is C26H25N3O4. The molecule has 1 aliphatic heterocycles. The summed E-state index contributed by atoms with van der Waals surface area (Å²) in [6.45, 7) is 1.30. The molecule has 0 radical (unpaired) electrons. The van der Waals surface area contributed by atoms with E-state index in [0.717, 1.165) is 40.1 Å². The fourth-order valence-electron chi connectivity index (χ4n) is 4.23. The van der Waals surface area contributed by atoms with Gasteiger partial charge in [0, 0.05) is 54.6 Å². The topological polar surface area (TPSA) is 76.8 Å². The van der Waals surface area contributed by atoms with Gasteiger partial charge in [-0.05, 0) is 42.3 Å². The number of methoxy groups -OCH3 is 1. The van der Waals surface area contributed by atoms with Crippen LogP contribution in [-0.2, 0) is 4.74 Å². The van der Waals surface area contributed by atoms with Crippen molar-refractivity contribution in [1.82, 2.24) is 4.98 Å². The number of rotatable bonds is 6. The normalized spacial score (nSPS) is 14.9. The molecule has 0 spiro atoms. The first-order chi connectivity index (χ1) is 16.1. The second kappa shape index (κ2) is 8.86. The molecule has 3 heterocycles. The zero-order chi connectivity index (χ0) is 22.8. The van der Waals surface area contributed by atoms with E-state index in [0.29, 0.717) is 24.4 Å². The quantitative estimate of drug-likeness (QED) is 0.402. The summed E-state index contributed by atoms with van der Waals surface area (Å²) in [5.41, 5.74) is 5.23. The molecule has 7 nitrogen and oxygen atoms in total. The third-order valence-corrected chi connectivity index (χ3v) is 6.14. The van der Waals surface area contributed by atoms with Gasteiger partial charge in [0.15, 0.2) is 0 Å². The lowest BCUT2D eigenvalue weighted by molar-refractivity contribution is 0.0601. The number of carbonyl (C=O) groups excluding carboxylic acids is 1. The first kappa shape index (κ1) is 20.9. The van der Waals surface area contributed by atoms with Crippen LogP contribution in [0.25, 0.3) is 11.0 Å². The fraction of sp³-hybridized carbons (Fsp3) is 0.231. The van der Waals surface area contributed by atoms with Crippen molar-refractivity contribution < 1.29 is 18.7 Å². The average Bonchev–Trinajstić information content (AvgIpc) is 3.34. The third-order valence-electron chi connectivity index (χ3n) is 6.14. The monoisotopic (exact) mass is 443 g/mol. The van der Waals surface area contributed by atoms with Crippen molar-refractivity contribution in [2.24, 2.45) is 0 Å². The number of hydrogen-bond acceptors (Lipinski definition) is 7. The Morgan fingerprint density at radius 3 is 2.91 bits per heavy atom. The van der Waals surface area contributed by atoms with Crippen molar-refractivity contribution in [2.75, 3.05) is 37.5 Å². The molecule has 33 heavy (non-hydrogen) atoms. The predicted molar refractivity (Wildman–Crippen MR) is 128 cm³/mol. The standard InChI is InChI=1S/C26H25N3O4/c1-29(19-4-3-17-8-11-32-24(17)13-19)20-5-6-21-18(9-12-33-25(21)14-20)15-28-23-16-27-10-7-22(23)26(30)31-2/h3-8,10-11,13-14,16,18,28H,9,12,15H2,1-2H3/t18-/m0/s1. The summed E-state index contributed by atoms with van der Waals surface area (Å²) >= 11 is 0. The van der Waals surface area contributed by atoms with E-state index in [1.165, 1.54) is 7.11 Å². The molecule has 1 atom stereocenters. The number of ether oxygens (including phenoxy) is 2. The van der Waals surface area contributed by atoms with Crippen molar-refractivity contribution >= 4 is 34.0 Å². The van der Waals surface area contributed by atoms with Crippen molar-refractivity contribution in [3.05, 3.63) is 78.3 Å². The molecule has 0 aliphatic carbocycles. The van der Waals surface area contributed by atoms with Crippen molar-refractivity contribution in [1.29, 1.82) is 0 Å². The number of furan rings is 1. The molecule has 1 aliphatic rings. The van der Waals surface area contributed by atoms with E-state index in [4.69, 9.17) is 13.9 Å². The van der Waals surface area contributed by atoms with Crippen LogP contribution in [-0.4, -0.2) is 38.3 Å². The summed E-state index contributed by atoms with van der Waals surface area (Å²) in [5, 5.41) is 4.46. The molecule has 1 N–H and O–H groups in total. The molecule has 0 amide bonds. The largest absolute Gasteiger partial charge is 0.493 e. The van der Waals surface area contributed by atoms with Gasteiger partial charge in [-0.15, -0.1) is 0 Å². The van der Waals surface area contributed by atoms with Crippen LogP contribution in [0.3, 0.4) is 0 Å². The van der Waals surface area contributed by atoms with Gasteiger partial charge < -0.3 is 24.1 Å². The van der Waals surface area contributed by atoms with Gasteiger partial charge in [-0.1, -0.05) is 6.07 Å². The number of nitrogens with one attached hydrogen (secondary N) is 1. The van der Waals surface area contributed by atoms with Crippen LogP contribution in [0.5, 0.6) is 5.75 Å². The molecule has 2 aromatic heterocycles. The highest BCUT2D eigenvalue weighted by molar-refractivity contribution is 5.95. The summed E-state index contributed by atoms with van der Waals surface area (Å²) in [5.74, 6) is 0.752. The Balaban J connectivity index is 1.35. The average molecular weight is 444 g/mol. The number of carbonyl (C=O) groups is 1. The zero-order valence-corrected chi connectivity index (χ0v) is 18.6. The van der Waals surface area contributed by atoms with Gasteiger partial charge in [-0.2, -0.15) is 0 Å². The molecule has 0 fully saturated rings. The van der Waals surface area contributed by atoms with E-state index < -0.39 is 0 Å². The van der Waals surface area contributed by atoms with Crippen LogP contribution in [0.2, 0.25) is 0 Å². The summed E-state index contributed by atoms with van der Waals surface area (Å²) in [4.78, 5) is 18.3. The van der Waals surface area contributed by atoms with Gasteiger partial charge in [0.05, 0.1) is 37.4 Å². The number of fused-ring (bicyclic) bond motifs is 2. The number of esters is 1. The second-order valence-corrected chi connectivity index (χ2v) is 8.05. The van der Waals surface area contributed by atoms with Crippen LogP contribution in [0.15, 0.2) is 71.6 Å². The van der Waals surface area contributed by atoms with Gasteiger partial charge >= 0.3 is 5.97 Å². The number of anilines is 3. The van der Waals surface area contributed by atoms with E-state index in [-0.39, 0.29) is 11.9 Å². The minimum Gasteiger partial charge on any atom is -0.493 e. The molecule has 0 bridgehead atoms. The Hall–Kier alpha value is -4.00. The number of benzene rings is 2. The summed E-state index contributed by atoms with van der Waals surface area (Å²) in [6, 6.07) is 16.1. The van der Waals surface area contributed by atoms with Gasteiger partial charge in [-0.3, -0.25) is 4.98 Å². The highest BCUT2D eigenvalue weighted by Crippen LogP contribution is 2.38. The maximum absolute atomic E-state index is 12.0. The Kier molecular flexibility index (Phi) is 5.60. The van der Waals surface area contributed by atoms with Gasteiger partial charge in [0.25, 0.3) is 0 Å². The van der Waals surface area contributed by atoms with Crippen molar-refractivity contribution in [3.8, 4) is 5.75 Å². The molecule has 7 heteroatoms. The molecule has 0 saturated carbocycles. The fourth-order valence-corrected chi connectivity index (χ4v) is 4.23. The van der Waals surface area contributed by atoms with E-state index in [1.54, 1.807) is 24.7 Å². The van der Waals surface area contributed by atoms with Crippen LogP contribution >= 0.6 is 0 Å².